The van der Waals surface area contributed by atoms with Crippen molar-refractivity contribution in [3.8, 4) is 5.75 Å². The predicted octanol–water partition coefficient (Wildman–Crippen LogP) is 2.07. The summed E-state index contributed by atoms with van der Waals surface area (Å²) in [7, 11) is 0. The van der Waals surface area contributed by atoms with Crippen molar-refractivity contribution >= 4 is 21.8 Å². The molecule has 0 bridgehead atoms. The third kappa shape index (κ3) is 3.03. The van der Waals surface area contributed by atoms with Crippen molar-refractivity contribution < 1.29 is 14.6 Å². The minimum Gasteiger partial charge on any atom is -0.508 e. The van der Waals surface area contributed by atoms with Gasteiger partial charge in [0.15, 0.2) is 0 Å². The third-order valence-electron chi connectivity index (χ3n) is 3.19. The van der Waals surface area contributed by atoms with Crippen molar-refractivity contribution in [2.45, 2.75) is 18.4 Å². The fourth-order valence-electron chi connectivity index (χ4n) is 2.01. The normalized spacial score (nSPS) is 18.3. The molecule has 2 N–H and O–H groups in total. The number of phenolic OH excluding ortho intramolecular Hbond substituents is 1. The van der Waals surface area contributed by atoms with E-state index in [2.05, 4.69) is 21.2 Å². The first kappa shape index (κ1) is 13.4. The maximum atomic E-state index is 12.1. The molecule has 4 nitrogen and oxygen atoms in total. The van der Waals surface area contributed by atoms with Crippen LogP contribution in [0.5, 0.6) is 5.75 Å². The lowest BCUT2D eigenvalue weighted by atomic mass is 9.92. The number of benzene rings is 1. The second kappa shape index (κ2) is 5.71. The lowest BCUT2D eigenvalue weighted by molar-refractivity contribution is 0.0442. The standard InChI is InChI=1S/C13H16BrNO3/c14-9-13(4-6-18-7-5-13)15-12(17)10-2-1-3-11(16)8-10/h1-3,8,16H,4-7,9H2,(H,15,17). The van der Waals surface area contributed by atoms with Crippen LogP contribution in [-0.2, 0) is 4.74 Å². The molecule has 5 heteroatoms. The molecule has 0 atom stereocenters. The van der Waals surface area contributed by atoms with Gasteiger partial charge in [0.25, 0.3) is 5.91 Å². The van der Waals surface area contributed by atoms with Crippen LogP contribution >= 0.6 is 15.9 Å². The summed E-state index contributed by atoms with van der Waals surface area (Å²) in [5.74, 6) is -0.0604. The fraction of sp³-hybridized carbons (Fsp3) is 0.462. The van der Waals surface area contributed by atoms with Gasteiger partial charge in [-0.25, -0.2) is 0 Å². The minimum atomic E-state index is -0.249. The Balaban J connectivity index is 2.10. The van der Waals surface area contributed by atoms with Gasteiger partial charge in [-0.1, -0.05) is 22.0 Å². The molecule has 98 valence electrons. The first-order chi connectivity index (χ1) is 8.65. The number of halogens is 1. The van der Waals surface area contributed by atoms with E-state index in [0.29, 0.717) is 24.1 Å². The molecular weight excluding hydrogens is 298 g/mol. The number of ether oxygens (including phenoxy) is 1. The maximum absolute atomic E-state index is 12.1. The number of phenols is 1. The van der Waals surface area contributed by atoms with E-state index < -0.39 is 0 Å². The van der Waals surface area contributed by atoms with Gasteiger partial charge < -0.3 is 15.2 Å². The number of amides is 1. The van der Waals surface area contributed by atoms with Crippen molar-refractivity contribution in [3.05, 3.63) is 29.8 Å². The zero-order chi connectivity index (χ0) is 13.0. The number of rotatable bonds is 3. The molecule has 1 amide bonds. The van der Waals surface area contributed by atoms with Crippen LogP contribution in [0, 0.1) is 0 Å². The van der Waals surface area contributed by atoms with Crippen LogP contribution in [0.4, 0.5) is 0 Å². The van der Waals surface area contributed by atoms with Gasteiger partial charge in [-0.2, -0.15) is 0 Å². The molecule has 0 aliphatic carbocycles. The molecule has 1 aliphatic rings. The Kier molecular flexibility index (Phi) is 4.24. The summed E-state index contributed by atoms with van der Waals surface area (Å²) in [6, 6.07) is 6.37. The molecule has 2 rings (SSSR count). The van der Waals surface area contributed by atoms with E-state index in [9.17, 15) is 9.90 Å². The summed E-state index contributed by atoms with van der Waals surface area (Å²) in [6.45, 7) is 1.32. The number of alkyl halides is 1. The smallest absolute Gasteiger partial charge is 0.251 e. The van der Waals surface area contributed by atoms with Gasteiger partial charge in [-0.15, -0.1) is 0 Å². The summed E-state index contributed by atoms with van der Waals surface area (Å²) in [6.07, 6.45) is 1.59. The lowest BCUT2D eigenvalue weighted by Gasteiger charge is -2.36. The van der Waals surface area contributed by atoms with Crippen LogP contribution in [0.25, 0.3) is 0 Å². The third-order valence-corrected chi connectivity index (χ3v) is 4.27. The Morgan fingerprint density at radius 2 is 2.17 bits per heavy atom. The van der Waals surface area contributed by atoms with Crippen molar-refractivity contribution in [3.63, 3.8) is 0 Å². The average Bonchev–Trinajstić information content (AvgIpc) is 2.40. The fourth-order valence-corrected chi connectivity index (χ4v) is 2.72. The van der Waals surface area contributed by atoms with E-state index in [1.165, 1.54) is 6.07 Å². The van der Waals surface area contributed by atoms with Crippen LogP contribution in [0.3, 0.4) is 0 Å². The van der Waals surface area contributed by atoms with Gasteiger partial charge in [0, 0.05) is 24.1 Å². The molecule has 0 spiro atoms. The number of hydrogen-bond donors (Lipinski definition) is 2. The van der Waals surface area contributed by atoms with E-state index in [-0.39, 0.29) is 17.2 Å². The van der Waals surface area contributed by atoms with E-state index in [1.807, 2.05) is 0 Å². The topological polar surface area (TPSA) is 58.6 Å². The first-order valence-electron chi connectivity index (χ1n) is 5.90. The van der Waals surface area contributed by atoms with Crippen molar-refractivity contribution in [1.82, 2.24) is 5.32 Å². The van der Waals surface area contributed by atoms with Crippen LogP contribution in [0.15, 0.2) is 24.3 Å². The zero-order valence-electron chi connectivity index (χ0n) is 9.99. The lowest BCUT2D eigenvalue weighted by Crippen LogP contribution is -2.53. The van der Waals surface area contributed by atoms with E-state index in [0.717, 1.165) is 12.8 Å². The largest absolute Gasteiger partial charge is 0.508 e. The Labute approximate surface area is 114 Å². The van der Waals surface area contributed by atoms with Gasteiger partial charge in [0.2, 0.25) is 0 Å². The molecule has 1 heterocycles. The van der Waals surface area contributed by atoms with Crippen molar-refractivity contribution in [1.29, 1.82) is 0 Å². The van der Waals surface area contributed by atoms with Gasteiger partial charge in [0.1, 0.15) is 5.75 Å². The molecule has 1 fully saturated rings. The summed E-state index contributed by atoms with van der Waals surface area (Å²) in [5.41, 5.74) is 0.225. The van der Waals surface area contributed by atoms with Crippen LogP contribution in [0.1, 0.15) is 23.2 Å². The Bertz CT molecular complexity index is 430. The Morgan fingerprint density at radius 1 is 1.44 bits per heavy atom. The summed E-state index contributed by atoms with van der Waals surface area (Å²) in [5, 5.41) is 13.1. The molecule has 1 saturated heterocycles. The Hall–Kier alpha value is -1.07. The Morgan fingerprint density at radius 3 is 2.78 bits per heavy atom. The second-order valence-electron chi connectivity index (χ2n) is 4.53. The maximum Gasteiger partial charge on any atom is 0.251 e. The monoisotopic (exact) mass is 313 g/mol. The number of carbonyl (C=O) groups is 1. The quantitative estimate of drug-likeness (QED) is 0.840. The molecule has 0 aromatic heterocycles. The predicted molar refractivity (Wildman–Crippen MR) is 72.2 cm³/mol. The molecule has 1 aromatic carbocycles. The average molecular weight is 314 g/mol. The zero-order valence-corrected chi connectivity index (χ0v) is 11.6. The summed E-state index contributed by atoms with van der Waals surface area (Å²) < 4.78 is 5.32. The van der Waals surface area contributed by atoms with Crippen LogP contribution in [0.2, 0.25) is 0 Å². The van der Waals surface area contributed by atoms with E-state index in [1.54, 1.807) is 18.2 Å². The molecule has 0 saturated carbocycles. The van der Waals surface area contributed by atoms with Gasteiger partial charge >= 0.3 is 0 Å². The van der Waals surface area contributed by atoms with Gasteiger partial charge in [-0.3, -0.25) is 4.79 Å². The highest BCUT2D eigenvalue weighted by molar-refractivity contribution is 9.09. The molecular formula is C13H16BrNO3. The van der Waals surface area contributed by atoms with E-state index >= 15 is 0 Å². The van der Waals surface area contributed by atoms with Crippen LogP contribution < -0.4 is 5.32 Å². The highest BCUT2D eigenvalue weighted by Gasteiger charge is 2.33. The molecule has 18 heavy (non-hydrogen) atoms. The van der Waals surface area contributed by atoms with Crippen LogP contribution in [-0.4, -0.2) is 35.1 Å². The van der Waals surface area contributed by atoms with Crippen molar-refractivity contribution in [2.75, 3.05) is 18.5 Å². The molecule has 1 aromatic rings. The number of nitrogens with one attached hydrogen (secondary N) is 1. The molecule has 0 radical (unpaired) electrons. The van der Waals surface area contributed by atoms with E-state index in [4.69, 9.17) is 4.74 Å². The molecule has 1 aliphatic heterocycles. The SMILES string of the molecule is O=C(NC1(CBr)CCOCC1)c1cccc(O)c1. The second-order valence-corrected chi connectivity index (χ2v) is 5.09. The van der Waals surface area contributed by atoms with Crippen molar-refractivity contribution in [2.24, 2.45) is 0 Å². The molecule has 0 unspecified atom stereocenters. The summed E-state index contributed by atoms with van der Waals surface area (Å²) >= 11 is 3.46. The first-order valence-corrected chi connectivity index (χ1v) is 7.03. The number of hydrogen-bond acceptors (Lipinski definition) is 3. The highest BCUT2D eigenvalue weighted by Crippen LogP contribution is 2.24. The number of carbonyl (C=O) groups excluding carboxylic acids is 1. The number of aromatic hydroxyl groups is 1. The summed E-state index contributed by atoms with van der Waals surface area (Å²) in [4.78, 5) is 12.1. The highest BCUT2D eigenvalue weighted by atomic mass is 79.9. The van der Waals surface area contributed by atoms with Gasteiger partial charge in [0.05, 0.1) is 5.54 Å². The minimum absolute atomic E-state index is 0.0996. The van der Waals surface area contributed by atoms with Gasteiger partial charge in [-0.05, 0) is 31.0 Å².